The average molecular weight is 447 g/mol. The van der Waals surface area contributed by atoms with Crippen LogP contribution in [0.2, 0.25) is 0 Å². The van der Waals surface area contributed by atoms with Crippen LogP contribution in [0.1, 0.15) is 11.4 Å². The third-order valence-electron chi connectivity index (χ3n) is 5.70. The van der Waals surface area contributed by atoms with Crippen LogP contribution in [0.15, 0.2) is 48.7 Å². The van der Waals surface area contributed by atoms with E-state index in [2.05, 4.69) is 25.2 Å². The lowest BCUT2D eigenvalue weighted by Crippen LogP contribution is -2.54. The fourth-order valence-electron chi connectivity index (χ4n) is 4.01. The van der Waals surface area contributed by atoms with Crippen molar-refractivity contribution in [2.75, 3.05) is 43.0 Å². The Hall–Kier alpha value is -3.88. The molecule has 33 heavy (non-hydrogen) atoms. The molecule has 9 heteroatoms. The molecule has 170 valence electrons. The number of aryl methyl sites for hydroxylation is 2. The first-order chi connectivity index (χ1) is 16.0. The second-order valence-corrected chi connectivity index (χ2v) is 8.18. The van der Waals surface area contributed by atoms with E-state index in [0.717, 1.165) is 17.2 Å². The molecule has 1 atom stereocenters. The standard InChI is InChI=1S/C24H26N6O3/c1-16-7-8-25-21(13-16)28-22-14-23(27-17(2)26-22)29-9-11-30(12-10-29)24(31)20-15-32-18-5-3-4-6-19(18)33-20/h3-8,13-14,20H,9-12,15H2,1-2H3,(H,25,26,27,28). The summed E-state index contributed by atoms with van der Waals surface area (Å²) in [4.78, 5) is 30.5. The summed E-state index contributed by atoms with van der Waals surface area (Å²) in [6, 6.07) is 13.3. The van der Waals surface area contributed by atoms with E-state index in [4.69, 9.17) is 9.47 Å². The van der Waals surface area contributed by atoms with Crippen LogP contribution in [-0.2, 0) is 4.79 Å². The topological polar surface area (TPSA) is 92.7 Å². The first kappa shape index (κ1) is 21.0. The number of ether oxygens (including phenoxy) is 2. The van der Waals surface area contributed by atoms with E-state index in [1.54, 1.807) is 6.20 Å². The van der Waals surface area contributed by atoms with E-state index < -0.39 is 6.10 Å². The number of hydrogen-bond acceptors (Lipinski definition) is 8. The maximum Gasteiger partial charge on any atom is 0.267 e. The monoisotopic (exact) mass is 446 g/mol. The van der Waals surface area contributed by atoms with Crippen molar-refractivity contribution < 1.29 is 14.3 Å². The molecule has 9 nitrogen and oxygen atoms in total. The number of aromatic nitrogens is 3. The van der Waals surface area contributed by atoms with Crippen molar-refractivity contribution in [3.8, 4) is 11.5 Å². The number of carbonyl (C=O) groups is 1. The number of nitrogens with one attached hydrogen (secondary N) is 1. The molecule has 0 bridgehead atoms. The summed E-state index contributed by atoms with van der Waals surface area (Å²) < 4.78 is 11.6. The second kappa shape index (κ2) is 8.93. The molecule has 4 heterocycles. The third kappa shape index (κ3) is 4.67. The van der Waals surface area contributed by atoms with Crippen molar-refractivity contribution in [3.05, 3.63) is 60.0 Å². The fourth-order valence-corrected chi connectivity index (χ4v) is 4.01. The first-order valence-corrected chi connectivity index (χ1v) is 11.0. The molecule has 0 aliphatic carbocycles. The minimum atomic E-state index is -0.620. The molecular formula is C24H26N6O3. The molecule has 1 saturated heterocycles. The highest BCUT2D eigenvalue weighted by Crippen LogP contribution is 2.31. The zero-order valence-corrected chi connectivity index (χ0v) is 18.7. The number of para-hydroxylation sites is 2. The molecule has 2 aliphatic rings. The van der Waals surface area contributed by atoms with Gasteiger partial charge in [-0.2, -0.15) is 0 Å². The molecule has 1 fully saturated rings. The lowest BCUT2D eigenvalue weighted by Gasteiger charge is -2.37. The Bertz CT molecular complexity index is 1160. The summed E-state index contributed by atoms with van der Waals surface area (Å²) in [6.07, 6.45) is 1.15. The predicted octanol–water partition coefficient (Wildman–Crippen LogP) is 2.72. The van der Waals surface area contributed by atoms with Gasteiger partial charge in [0.1, 0.15) is 29.9 Å². The number of benzene rings is 1. The Morgan fingerprint density at radius 3 is 2.58 bits per heavy atom. The molecule has 3 aromatic rings. The van der Waals surface area contributed by atoms with Gasteiger partial charge in [-0.15, -0.1) is 0 Å². The van der Waals surface area contributed by atoms with Crippen LogP contribution < -0.4 is 19.7 Å². The van der Waals surface area contributed by atoms with Crippen LogP contribution in [0.3, 0.4) is 0 Å². The van der Waals surface area contributed by atoms with Gasteiger partial charge in [0.15, 0.2) is 11.5 Å². The minimum Gasteiger partial charge on any atom is -0.485 e. The van der Waals surface area contributed by atoms with Gasteiger partial charge in [0.05, 0.1) is 0 Å². The van der Waals surface area contributed by atoms with Gasteiger partial charge >= 0.3 is 0 Å². The maximum atomic E-state index is 13.0. The summed E-state index contributed by atoms with van der Waals surface area (Å²) >= 11 is 0. The number of hydrogen-bond donors (Lipinski definition) is 1. The molecule has 2 aromatic heterocycles. The molecule has 1 unspecified atom stereocenters. The van der Waals surface area contributed by atoms with Gasteiger partial charge in [0.2, 0.25) is 6.10 Å². The van der Waals surface area contributed by atoms with Crippen molar-refractivity contribution in [1.29, 1.82) is 0 Å². The van der Waals surface area contributed by atoms with Crippen LogP contribution in [0.25, 0.3) is 0 Å². The quantitative estimate of drug-likeness (QED) is 0.654. The van der Waals surface area contributed by atoms with E-state index in [9.17, 15) is 4.79 Å². The zero-order valence-electron chi connectivity index (χ0n) is 18.7. The summed E-state index contributed by atoms with van der Waals surface area (Å²) in [7, 11) is 0. The van der Waals surface area contributed by atoms with Gasteiger partial charge < -0.3 is 24.6 Å². The lowest BCUT2D eigenvalue weighted by atomic mass is 10.2. The molecular weight excluding hydrogens is 420 g/mol. The number of carbonyl (C=O) groups excluding carboxylic acids is 1. The van der Waals surface area contributed by atoms with E-state index >= 15 is 0 Å². The first-order valence-electron chi connectivity index (χ1n) is 11.0. The number of piperazine rings is 1. The van der Waals surface area contributed by atoms with Crippen molar-refractivity contribution in [3.63, 3.8) is 0 Å². The SMILES string of the molecule is Cc1ccnc(Nc2cc(N3CCN(C(=O)C4COc5ccccc5O4)CC3)nc(C)n2)c1. The number of fused-ring (bicyclic) bond motifs is 1. The average Bonchev–Trinajstić information content (AvgIpc) is 2.83. The number of nitrogens with zero attached hydrogens (tertiary/aromatic N) is 5. The second-order valence-electron chi connectivity index (χ2n) is 8.18. The number of anilines is 3. The highest BCUT2D eigenvalue weighted by molar-refractivity contribution is 5.82. The normalized spacial score (nSPS) is 17.6. The molecule has 0 radical (unpaired) electrons. The summed E-state index contributed by atoms with van der Waals surface area (Å²) in [5, 5.41) is 3.26. The van der Waals surface area contributed by atoms with Crippen LogP contribution >= 0.6 is 0 Å². The molecule has 1 aromatic carbocycles. The Morgan fingerprint density at radius 1 is 1.00 bits per heavy atom. The van der Waals surface area contributed by atoms with Gasteiger partial charge in [-0.1, -0.05) is 12.1 Å². The summed E-state index contributed by atoms with van der Waals surface area (Å²) in [6.45, 7) is 6.65. The predicted molar refractivity (Wildman–Crippen MR) is 124 cm³/mol. The highest BCUT2D eigenvalue weighted by atomic mass is 16.6. The van der Waals surface area contributed by atoms with E-state index in [0.29, 0.717) is 49.3 Å². The zero-order chi connectivity index (χ0) is 22.8. The summed E-state index contributed by atoms with van der Waals surface area (Å²) in [5.74, 6) is 4.18. The number of pyridine rings is 1. The van der Waals surface area contributed by atoms with Crippen molar-refractivity contribution in [2.45, 2.75) is 20.0 Å². The lowest BCUT2D eigenvalue weighted by molar-refractivity contribution is -0.141. The van der Waals surface area contributed by atoms with Crippen molar-refractivity contribution in [2.24, 2.45) is 0 Å². The fraction of sp³-hybridized carbons (Fsp3) is 0.333. The smallest absolute Gasteiger partial charge is 0.267 e. The van der Waals surface area contributed by atoms with Gasteiger partial charge in [-0.25, -0.2) is 15.0 Å². The summed E-state index contributed by atoms with van der Waals surface area (Å²) in [5.41, 5.74) is 1.12. The van der Waals surface area contributed by atoms with E-state index in [1.807, 2.05) is 61.2 Å². The molecule has 1 amide bonds. The number of amides is 1. The van der Waals surface area contributed by atoms with Crippen LogP contribution in [0.4, 0.5) is 17.5 Å². The van der Waals surface area contributed by atoms with Gasteiger partial charge in [-0.05, 0) is 43.7 Å². The Balaban J connectivity index is 1.22. The number of rotatable bonds is 4. The molecule has 1 N–H and O–H groups in total. The maximum absolute atomic E-state index is 13.0. The Morgan fingerprint density at radius 2 is 1.79 bits per heavy atom. The van der Waals surface area contributed by atoms with Gasteiger partial charge in [0, 0.05) is 38.4 Å². The Kier molecular flexibility index (Phi) is 5.68. The van der Waals surface area contributed by atoms with Gasteiger partial charge in [-0.3, -0.25) is 4.79 Å². The van der Waals surface area contributed by atoms with E-state index in [-0.39, 0.29) is 12.5 Å². The van der Waals surface area contributed by atoms with Crippen LogP contribution in [0.5, 0.6) is 11.5 Å². The van der Waals surface area contributed by atoms with Crippen LogP contribution in [-0.4, -0.2) is 64.6 Å². The minimum absolute atomic E-state index is 0.0455. The van der Waals surface area contributed by atoms with E-state index in [1.165, 1.54) is 0 Å². The molecule has 5 rings (SSSR count). The van der Waals surface area contributed by atoms with Gasteiger partial charge in [0.25, 0.3) is 5.91 Å². The molecule has 2 aliphatic heterocycles. The molecule has 0 spiro atoms. The Labute approximate surface area is 192 Å². The van der Waals surface area contributed by atoms with Crippen molar-refractivity contribution >= 4 is 23.4 Å². The highest BCUT2D eigenvalue weighted by Gasteiger charge is 2.33. The largest absolute Gasteiger partial charge is 0.485 e. The third-order valence-corrected chi connectivity index (χ3v) is 5.70. The van der Waals surface area contributed by atoms with Crippen molar-refractivity contribution in [1.82, 2.24) is 19.9 Å². The molecule has 0 saturated carbocycles. The van der Waals surface area contributed by atoms with Crippen LogP contribution in [0, 0.1) is 13.8 Å².